The van der Waals surface area contributed by atoms with E-state index in [0.717, 1.165) is 29.7 Å². The average Bonchev–Trinajstić information content (AvgIpc) is 3.09. The first kappa shape index (κ1) is 17.8. The van der Waals surface area contributed by atoms with Crippen molar-refractivity contribution in [2.75, 3.05) is 10.6 Å². The van der Waals surface area contributed by atoms with Crippen LogP contribution in [0.25, 0.3) is 0 Å². The molecule has 132 valence electrons. The van der Waals surface area contributed by atoms with Crippen molar-refractivity contribution >= 4 is 45.6 Å². The second kappa shape index (κ2) is 7.45. The van der Waals surface area contributed by atoms with Gasteiger partial charge in [0.05, 0.1) is 11.7 Å². The molecule has 0 spiro atoms. The second-order valence-electron chi connectivity index (χ2n) is 6.10. The third kappa shape index (κ3) is 4.14. The molecule has 5 nitrogen and oxygen atoms in total. The highest BCUT2D eigenvalue weighted by atomic mass is 35.5. The molecular formula is C18H19ClN2O3S. The van der Waals surface area contributed by atoms with Crippen LogP contribution in [0.15, 0.2) is 24.3 Å². The number of ether oxygens (including phenoxy) is 1. The lowest BCUT2D eigenvalue weighted by Crippen LogP contribution is -2.21. The van der Waals surface area contributed by atoms with E-state index in [1.807, 2.05) is 13.8 Å². The van der Waals surface area contributed by atoms with Gasteiger partial charge in [-0.1, -0.05) is 11.6 Å². The number of carbonyl (C=O) groups excluding carboxylic acids is 2. The van der Waals surface area contributed by atoms with E-state index in [2.05, 4.69) is 10.6 Å². The Morgan fingerprint density at radius 2 is 1.88 bits per heavy atom. The number of thiophene rings is 1. The predicted octanol–water partition coefficient (Wildman–Crippen LogP) is 5.10. The Kier molecular flexibility index (Phi) is 5.30. The third-order valence-corrected chi connectivity index (χ3v) is 5.26. The van der Waals surface area contributed by atoms with Gasteiger partial charge in [-0.25, -0.2) is 9.59 Å². The van der Waals surface area contributed by atoms with Crippen molar-refractivity contribution in [1.82, 2.24) is 0 Å². The lowest BCUT2D eigenvalue weighted by atomic mass is 10.1. The zero-order valence-electron chi connectivity index (χ0n) is 14.0. The van der Waals surface area contributed by atoms with Gasteiger partial charge in [-0.05, 0) is 62.9 Å². The molecule has 1 aliphatic carbocycles. The molecule has 0 fully saturated rings. The normalized spacial score (nSPS) is 12.8. The van der Waals surface area contributed by atoms with E-state index < -0.39 is 6.03 Å². The Labute approximate surface area is 155 Å². The first-order valence-corrected chi connectivity index (χ1v) is 9.32. The minimum absolute atomic E-state index is 0.208. The SMILES string of the molecule is CC(C)OC(=O)c1c(NC(=O)Nc2ccc(Cl)cc2)sc2c1CCC2. The van der Waals surface area contributed by atoms with Crippen LogP contribution in [0.3, 0.4) is 0 Å². The summed E-state index contributed by atoms with van der Waals surface area (Å²) in [6.45, 7) is 3.62. The van der Waals surface area contributed by atoms with Crippen molar-refractivity contribution in [3.63, 3.8) is 0 Å². The fraction of sp³-hybridized carbons (Fsp3) is 0.333. The molecule has 0 atom stereocenters. The van der Waals surface area contributed by atoms with Gasteiger partial charge < -0.3 is 10.1 Å². The number of anilines is 2. The molecule has 1 aromatic carbocycles. The molecule has 1 heterocycles. The molecule has 25 heavy (non-hydrogen) atoms. The standard InChI is InChI=1S/C18H19ClN2O3S/c1-10(2)24-17(22)15-13-4-3-5-14(13)25-16(15)21-18(23)20-12-8-6-11(19)7-9-12/h6-10H,3-5H2,1-2H3,(H2,20,21,23). The number of rotatable bonds is 4. The van der Waals surface area contributed by atoms with Crippen molar-refractivity contribution in [3.8, 4) is 0 Å². The molecule has 2 aromatic rings. The molecule has 1 aliphatic rings. The van der Waals surface area contributed by atoms with Crippen molar-refractivity contribution in [2.45, 2.75) is 39.2 Å². The lowest BCUT2D eigenvalue weighted by Gasteiger charge is -2.11. The van der Waals surface area contributed by atoms with E-state index >= 15 is 0 Å². The highest BCUT2D eigenvalue weighted by molar-refractivity contribution is 7.17. The number of nitrogens with one attached hydrogen (secondary N) is 2. The van der Waals surface area contributed by atoms with Gasteiger partial charge in [0.2, 0.25) is 0 Å². The second-order valence-corrected chi connectivity index (χ2v) is 7.64. The van der Waals surface area contributed by atoms with E-state index in [9.17, 15) is 9.59 Å². The Morgan fingerprint density at radius 1 is 1.16 bits per heavy atom. The first-order valence-electron chi connectivity index (χ1n) is 8.13. The Morgan fingerprint density at radius 3 is 2.56 bits per heavy atom. The highest BCUT2D eigenvalue weighted by Crippen LogP contribution is 2.39. The number of hydrogen-bond acceptors (Lipinski definition) is 4. The smallest absolute Gasteiger partial charge is 0.341 e. The van der Waals surface area contributed by atoms with Gasteiger partial charge in [0, 0.05) is 15.6 Å². The molecule has 0 bridgehead atoms. The highest BCUT2D eigenvalue weighted by Gasteiger charge is 2.28. The van der Waals surface area contributed by atoms with Crippen LogP contribution in [0.5, 0.6) is 0 Å². The molecule has 2 N–H and O–H groups in total. The largest absolute Gasteiger partial charge is 0.459 e. The van der Waals surface area contributed by atoms with Crippen LogP contribution in [0.1, 0.15) is 41.1 Å². The third-order valence-electron chi connectivity index (χ3n) is 3.80. The van der Waals surface area contributed by atoms with Crippen molar-refractivity contribution in [3.05, 3.63) is 45.3 Å². The molecule has 0 aliphatic heterocycles. The summed E-state index contributed by atoms with van der Waals surface area (Å²) < 4.78 is 5.35. The van der Waals surface area contributed by atoms with Crippen molar-refractivity contribution in [1.29, 1.82) is 0 Å². The minimum Gasteiger partial charge on any atom is -0.459 e. The molecule has 0 unspecified atom stereocenters. The van der Waals surface area contributed by atoms with Gasteiger partial charge in [-0.15, -0.1) is 11.3 Å². The molecule has 1 aromatic heterocycles. The van der Waals surface area contributed by atoms with Gasteiger partial charge in [0.1, 0.15) is 5.00 Å². The van der Waals surface area contributed by atoms with E-state index in [1.165, 1.54) is 11.3 Å². The van der Waals surface area contributed by atoms with Crippen LogP contribution >= 0.6 is 22.9 Å². The summed E-state index contributed by atoms with van der Waals surface area (Å²) in [6.07, 6.45) is 2.60. The number of hydrogen-bond donors (Lipinski definition) is 2. The van der Waals surface area contributed by atoms with E-state index in [1.54, 1.807) is 24.3 Å². The van der Waals surface area contributed by atoms with Gasteiger partial charge in [0.25, 0.3) is 0 Å². The number of esters is 1. The molecule has 3 rings (SSSR count). The number of aryl methyl sites for hydroxylation is 1. The number of halogens is 1. The lowest BCUT2D eigenvalue weighted by molar-refractivity contribution is 0.0378. The van der Waals surface area contributed by atoms with Crippen molar-refractivity contribution < 1.29 is 14.3 Å². The molecule has 0 saturated heterocycles. The van der Waals surface area contributed by atoms with Crippen LogP contribution < -0.4 is 10.6 Å². The molecule has 7 heteroatoms. The quantitative estimate of drug-likeness (QED) is 0.727. The van der Waals surface area contributed by atoms with Gasteiger partial charge in [-0.2, -0.15) is 0 Å². The Bertz CT molecular complexity index is 799. The number of carbonyl (C=O) groups is 2. The van der Waals surface area contributed by atoms with E-state index in [4.69, 9.17) is 16.3 Å². The maximum atomic E-state index is 12.5. The summed E-state index contributed by atoms with van der Waals surface area (Å²) in [7, 11) is 0. The summed E-state index contributed by atoms with van der Waals surface area (Å²) in [5.41, 5.74) is 2.13. The number of amides is 2. The van der Waals surface area contributed by atoms with Crippen molar-refractivity contribution in [2.24, 2.45) is 0 Å². The Hall–Kier alpha value is -2.05. The summed E-state index contributed by atoms with van der Waals surface area (Å²) in [4.78, 5) is 25.9. The maximum Gasteiger partial charge on any atom is 0.341 e. The topological polar surface area (TPSA) is 67.4 Å². The van der Waals surface area contributed by atoms with Crippen LogP contribution in [-0.2, 0) is 17.6 Å². The monoisotopic (exact) mass is 378 g/mol. The van der Waals surface area contributed by atoms with Gasteiger partial charge in [0.15, 0.2) is 0 Å². The summed E-state index contributed by atoms with van der Waals surface area (Å²) in [6, 6.07) is 6.42. The van der Waals surface area contributed by atoms with Crippen LogP contribution in [0, 0.1) is 0 Å². The molecule has 2 amide bonds. The predicted molar refractivity (Wildman–Crippen MR) is 101 cm³/mol. The van der Waals surface area contributed by atoms with E-state index in [0.29, 0.717) is 21.3 Å². The summed E-state index contributed by atoms with van der Waals surface area (Å²) in [5.74, 6) is -0.379. The molecule has 0 saturated carbocycles. The average molecular weight is 379 g/mol. The summed E-state index contributed by atoms with van der Waals surface area (Å²) in [5, 5.41) is 6.67. The number of benzene rings is 1. The summed E-state index contributed by atoms with van der Waals surface area (Å²) >= 11 is 7.29. The minimum atomic E-state index is -0.402. The maximum absolute atomic E-state index is 12.5. The molecular weight excluding hydrogens is 360 g/mol. The fourth-order valence-corrected chi connectivity index (χ4v) is 4.18. The van der Waals surface area contributed by atoms with Crippen LogP contribution in [-0.4, -0.2) is 18.1 Å². The van der Waals surface area contributed by atoms with Gasteiger partial charge in [-0.3, -0.25) is 5.32 Å². The zero-order valence-corrected chi connectivity index (χ0v) is 15.6. The zero-order chi connectivity index (χ0) is 18.0. The first-order chi connectivity index (χ1) is 11.9. The number of urea groups is 1. The number of fused-ring (bicyclic) bond motifs is 1. The van der Waals surface area contributed by atoms with Crippen LogP contribution in [0.2, 0.25) is 5.02 Å². The fourth-order valence-electron chi connectivity index (χ4n) is 2.78. The molecule has 0 radical (unpaired) electrons. The Balaban J connectivity index is 1.78. The van der Waals surface area contributed by atoms with Crippen LogP contribution in [0.4, 0.5) is 15.5 Å². The van der Waals surface area contributed by atoms with E-state index in [-0.39, 0.29) is 12.1 Å². The van der Waals surface area contributed by atoms with Gasteiger partial charge >= 0.3 is 12.0 Å².